The number of carbonyl (C=O) groups is 2. The second kappa shape index (κ2) is 6.79. The summed E-state index contributed by atoms with van der Waals surface area (Å²) in [4.78, 5) is 28.4. The van der Waals surface area contributed by atoms with Crippen molar-refractivity contribution in [2.45, 2.75) is 25.4 Å². The zero-order valence-electron chi connectivity index (χ0n) is 15.2. The lowest BCUT2D eigenvalue weighted by molar-refractivity contribution is -0.124. The van der Waals surface area contributed by atoms with Gasteiger partial charge in [-0.1, -0.05) is 18.2 Å². The maximum absolute atomic E-state index is 13.1. The first kappa shape index (κ1) is 17.7. The van der Waals surface area contributed by atoms with E-state index in [0.717, 1.165) is 21.6 Å². The number of likely N-dealkylation sites (N-methyl/N-ethyl adjacent to an activating group) is 1. The number of amides is 2. The molecule has 2 amide bonds. The van der Waals surface area contributed by atoms with Gasteiger partial charge in [-0.15, -0.1) is 11.3 Å². The Morgan fingerprint density at radius 1 is 1.30 bits per heavy atom. The molecule has 3 aromatic rings. The van der Waals surface area contributed by atoms with E-state index in [4.69, 9.17) is 5.73 Å². The van der Waals surface area contributed by atoms with Crippen LogP contribution >= 0.6 is 11.3 Å². The monoisotopic (exact) mass is 383 g/mol. The van der Waals surface area contributed by atoms with Crippen LogP contribution in [0.1, 0.15) is 21.8 Å². The van der Waals surface area contributed by atoms with Gasteiger partial charge in [-0.25, -0.2) is 4.68 Å². The smallest absolute Gasteiger partial charge is 0.264 e. The summed E-state index contributed by atoms with van der Waals surface area (Å²) in [5.74, 6) is -0.333. The number of hydrogen-bond acceptors (Lipinski definition) is 5. The average molecular weight is 383 g/mol. The van der Waals surface area contributed by atoms with E-state index in [9.17, 15) is 9.59 Å². The molecule has 1 saturated heterocycles. The van der Waals surface area contributed by atoms with Crippen molar-refractivity contribution in [2.75, 3.05) is 13.6 Å². The minimum atomic E-state index is -0.519. The summed E-state index contributed by atoms with van der Waals surface area (Å²) >= 11 is 1.39. The summed E-state index contributed by atoms with van der Waals surface area (Å²) in [7, 11) is 1.58. The first-order chi connectivity index (χ1) is 13.0. The lowest BCUT2D eigenvalue weighted by Gasteiger charge is -2.22. The molecule has 1 aliphatic rings. The summed E-state index contributed by atoms with van der Waals surface area (Å²) in [6, 6.07) is 11.0. The van der Waals surface area contributed by atoms with Gasteiger partial charge in [0.1, 0.15) is 10.9 Å². The van der Waals surface area contributed by atoms with Crippen molar-refractivity contribution in [3.63, 3.8) is 0 Å². The Bertz CT molecular complexity index is 1010. The largest absolute Gasteiger partial charge is 0.357 e. The fourth-order valence-corrected chi connectivity index (χ4v) is 4.69. The molecular formula is C19H21N5O2S. The van der Waals surface area contributed by atoms with Gasteiger partial charge in [0.15, 0.2) is 0 Å². The molecule has 0 spiro atoms. The maximum atomic E-state index is 13.1. The molecule has 27 heavy (non-hydrogen) atoms. The molecule has 1 fully saturated rings. The van der Waals surface area contributed by atoms with Crippen molar-refractivity contribution in [1.82, 2.24) is 20.0 Å². The standard InChI is InChI=1S/C19H21N5O2S/c1-11-14-9-16(18(26)23-10-12(20)8-15(23)17(25)21-2)27-19(14)24(22-11)13-6-4-3-5-7-13/h3-7,9,12,15H,8,10,20H2,1-2H3,(H,21,25)/t12-,15+/m1/s1. The summed E-state index contributed by atoms with van der Waals surface area (Å²) in [6.45, 7) is 2.32. The van der Waals surface area contributed by atoms with Gasteiger partial charge in [-0.3, -0.25) is 9.59 Å². The van der Waals surface area contributed by atoms with Crippen LogP contribution in [0.3, 0.4) is 0 Å². The molecular weight excluding hydrogens is 362 g/mol. The molecule has 140 valence electrons. The van der Waals surface area contributed by atoms with Gasteiger partial charge in [0, 0.05) is 25.0 Å². The highest BCUT2D eigenvalue weighted by Crippen LogP contribution is 2.32. The highest BCUT2D eigenvalue weighted by Gasteiger charge is 2.38. The highest BCUT2D eigenvalue weighted by atomic mass is 32.1. The van der Waals surface area contributed by atoms with E-state index in [-0.39, 0.29) is 17.9 Å². The molecule has 3 heterocycles. The van der Waals surface area contributed by atoms with Gasteiger partial charge in [-0.05, 0) is 31.5 Å². The molecule has 3 N–H and O–H groups in total. The average Bonchev–Trinajstić information content (AvgIpc) is 3.36. The van der Waals surface area contributed by atoms with Crippen LogP contribution in [0.15, 0.2) is 36.4 Å². The maximum Gasteiger partial charge on any atom is 0.264 e. The number of nitrogens with zero attached hydrogens (tertiary/aromatic N) is 3. The van der Waals surface area contributed by atoms with Crippen molar-refractivity contribution >= 4 is 33.4 Å². The number of hydrogen-bond donors (Lipinski definition) is 2. The van der Waals surface area contributed by atoms with Gasteiger partial charge in [-0.2, -0.15) is 5.10 Å². The SMILES string of the molecule is CNC(=O)[C@@H]1C[C@@H](N)CN1C(=O)c1cc2c(C)nn(-c3ccccc3)c2s1. The second-order valence-corrected chi connectivity index (χ2v) is 7.78. The molecule has 0 saturated carbocycles. The molecule has 1 aliphatic heterocycles. The molecule has 1 aromatic carbocycles. The Kier molecular flexibility index (Phi) is 4.45. The number of likely N-dealkylation sites (tertiary alicyclic amines) is 1. The number of para-hydroxylation sites is 1. The topological polar surface area (TPSA) is 93.2 Å². The molecule has 2 aromatic heterocycles. The minimum Gasteiger partial charge on any atom is -0.357 e. The van der Waals surface area contributed by atoms with Crippen molar-refractivity contribution < 1.29 is 9.59 Å². The lowest BCUT2D eigenvalue weighted by Crippen LogP contribution is -2.44. The molecule has 0 bridgehead atoms. The summed E-state index contributed by atoms with van der Waals surface area (Å²) < 4.78 is 1.86. The van der Waals surface area contributed by atoms with Crippen LogP contribution in [0.2, 0.25) is 0 Å². The Hall–Kier alpha value is -2.71. The van der Waals surface area contributed by atoms with Crippen LogP contribution in [0.4, 0.5) is 0 Å². The van der Waals surface area contributed by atoms with Crippen molar-refractivity contribution in [2.24, 2.45) is 5.73 Å². The highest BCUT2D eigenvalue weighted by molar-refractivity contribution is 7.20. The number of carbonyl (C=O) groups excluding carboxylic acids is 2. The van der Waals surface area contributed by atoms with E-state index >= 15 is 0 Å². The quantitative estimate of drug-likeness (QED) is 0.720. The van der Waals surface area contributed by atoms with E-state index in [0.29, 0.717) is 17.8 Å². The van der Waals surface area contributed by atoms with E-state index in [1.807, 2.05) is 48.0 Å². The molecule has 2 atom stereocenters. The van der Waals surface area contributed by atoms with Crippen LogP contribution in [-0.2, 0) is 4.79 Å². The number of aryl methyl sites for hydroxylation is 1. The van der Waals surface area contributed by atoms with Gasteiger partial charge >= 0.3 is 0 Å². The van der Waals surface area contributed by atoms with Crippen molar-refractivity contribution in [1.29, 1.82) is 0 Å². The minimum absolute atomic E-state index is 0.156. The van der Waals surface area contributed by atoms with Crippen LogP contribution in [0.5, 0.6) is 0 Å². The normalized spacial score (nSPS) is 19.6. The van der Waals surface area contributed by atoms with Gasteiger partial charge < -0.3 is 16.0 Å². The fourth-order valence-electron chi connectivity index (χ4n) is 3.55. The van der Waals surface area contributed by atoms with E-state index < -0.39 is 6.04 Å². The molecule has 0 aliphatic carbocycles. The van der Waals surface area contributed by atoms with Crippen LogP contribution < -0.4 is 11.1 Å². The Balaban J connectivity index is 1.72. The number of fused-ring (bicyclic) bond motifs is 1. The van der Waals surface area contributed by atoms with E-state index in [2.05, 4.69) is 10.4 Å². The Morgan fingerprint density at radius 2 is 2.04 bits per heavy atom. The zero-order chi connectivity index (χ0) is 19.1. The first-order valence-electron chi connectivity index (χ1n) is 8.82. The van der Waals surface area contributed by atoms with Crippen molar-refractivity contribution in [3.05, 3.63) is 47.0 Å². The number of nitrogens with one attached hydrogen (secondary N) is 1. The van der Waals surface area contributed by atoms with Crippen LogP contribution in [-0.4, -0.2) is 52.2 Å². The number of nitrogens with two attached hydrogens (primary N) is 1. The van der Waals surface area contributed by atoms with Gasteiger partial charge in [0.2, 0.25) is 5.91 Å². The van der Waals surface area contributed by atoms with Gasteiger partial charge in [0.05, 0.1) is 16.3 Å². The molecule has 4 rings (SSSR count). The van der Waals surface area contributed by atoms with Gasteiger partial charge in [0.25, 0.3) is 5.91 Å². The molecule has 8 heteroatoms. The van der Waals surface area contributed by atoms with Crippen LogP contribution in [0, 0.1) is 6.92 Å². The number of aromatic nitrogens is 2. The first-order valence-corrected chi connectivity index (χ1v) is 9.64. The van der Waals surface area contributed by atoms with E-state index in [1.54, 1.807) is 11.9 Å². The Morgan fingerprint density at radius 3 is 2.74 bits per heavy atom. The third-order valence-electron chi connectivity index (χ3n) is 4.90. The zero-order valence-corrected chi connectivity index (χ0v) is 16.0. The number of thiophene rings is 1. The molecule has 0 unspecified atom stereocenters. The summed E-state index contributed by atoms with van der Waals surface area (Å²) in [5.41, 5.74) is 7.83. The summed E-state index contributed by atoms with van der Waals surface area (Å²) in [6.07, 6.45) is 0.479. The van der Waals surface area contributed by atoms with E-state index in [1.165, 1.54) is 11.3 Å². The van der Waals surface area contributed by atoms with Crippen molar-refractivity contribution in [3.8, 4) is 5.69 Å². The predicted octanol–water partition coefficient (Wildman–Crippen LogP) is 1.68. The molecule has 0 radical (unpaired) electrons. The third kappa shape index (κ3) is 3.00. The summed E-state index contributed by atoms with van der Waals surface area (Å²) in [5, 5.41) is 8.18. The third-order valence-corrected chi connectivity index (χ3v) is 6.00. The Labute approximate surface area is 160 Å². The fraction of sp³-hybridized carbons (Fsp3) is 0.316. The number of benzene rings is 1. The van der Waals surface area contributed by atoms with Crippen LogP contribution in [0.25, 0.3) is 15.9 Å². The second-order valence-electron chi connectivity index (χ2n) is 6.75. The lowest BCUT2D eigenvalue weighted by atomic mass is 10.1. The molecule has 7 nitrogen and oxygen atoms in total. The number of rotatable bonds is 3. The predicted molar refractivity (Wildman–Crippen MR) is 105 cm³/mol.